The van der Waals surface area contributed by atoms with Crippen molar-refractivity contribution >= 4 is 23.7 Å². The Morgan fingerprint density at radius 1 is 1.20 bits per heavy atom. The number of hydrogen-bond acceptors (Lipinski definition) is 7. The molecule has 3 aliphatic rings. The van der Waals surface area contributed by atoms with Crippen LogP contribution in [0.1, 0.15) is 72.0 Å². The van der Waals surface area contributed by atoms with Crippen LogP contribution < -0.4 is 5.32 Å². The van der Waals surface area contributed by atoms with Crippen molar-refractivity contribution in [2.24, 2.45) is 11.8 Å². The minimum absolute atomic E-state index is 0.194. The third-order valence-corrected chi connectivity index (χ3v) is 9.16. The van der Waals surface area contributed by atoms with Gasteiger partial charge < -0.3 is 29.7 Å². The lowest BCUT2D eigenvalue weighted by atomic mass is 9.70. The van der Waals surface area contributed by atoms with Crippen molar-refractivity contribution in [3.8, 4) is 0 Å². The Bertz CT molecular complexity index is 1260. The molecule has 44 heavy (non-hydrogen) atoms. The lowest BCUT2D eigenvalue weighted by Crippen LogP contribution is -2.61. The summed E-state index contributed by atoms with van der Waals surface area (Å²) in [5.74, 6) is -3.40. The normalized spacial score (nSPS) is 27.7. The number of allylic oxidation sites excluding steroid dienone is 1. The van der Waals surface area contributed by atoms with Gasteiger partial charge in [-0.2, -0.15) is 0 Å². The number of amides is 3. The Balaban J connectivity index is 1.68. The van der Waals surface area contributed by atoms with Crippen molar-refractivity contribution in [3.63, 3.8) is 0 Å². The number of nitrogens with one attached hydrogen (secondary N) is 1. The van der Waals surface area contributed by atoms with Crippen molar-refractivity contribution in [3.05, 3.63) is 61.2 Å². The summed E-state index contributed by atoms with van der Waals surface area (Å²) in [4.78, 5) is 58.4. The van der Waals surface area contributed by atoms with Crippen LogP contribution in [0.5, 0.6) is 0 Å². The summed E-state index contributed by atoms with van der Waals surface area (Å²) in [5, 5.41) is 13.1. The second-order valence-electron chi connectivity index (χ2n) is 13.2. The van der Waals surface area contributed by atoms with E-state index in [1.807, 2.05) is 51.1 Å². The summed E-state index contributed by atoms with van der Waals surface area (Å²) in [6, 6.07) is 6.89. The molecule has 10 nitrogen and oxygen atoms in total. The first-order valence-electron chi connectivity index (χ1n) is 15.5. The average molecular weight is 610 g/mol. The molecule has 8 atom stereocenters. The van der Waals surface area contributed by atoms with Crippen LogP contribution in [-0.4, -0.2) is 87.1 Å². The highest BCUT2D eigenvalue weighted by atomic mass is 16.6. The summed E-state index contributed by atoms with van der Waals surface area (Å²) < 4.78 is 12.7. The number of ether oxygens (including phenoxy) is 2. The fraction of sp³-hybridized carbons (Fsp3) is 0.588. The lowest BCUT2D eigenvalue weighted by Gasteiger charge is -2.43. The van der Waals surface area contributed by atoms with Gasteiger partial charge in [0.15, 0.2) is 0 Å². The molecule has 0 saturated carbocycles. The van der Waals surface area contributed by atoms with E-state index in [2.05, 4.69) is 18.5 Å². The fourth-order valence-corrected chi connectivity index (χ4v) is 7.11. The van der Waals surface area contributed by atoms with Crippen LogP contribution in [0, 0.1) is 11.8 Å². The van der Waals surface area contributed by atoms with Gasteiger partial charge in [-0.1, -0.05) is 42.5 Å². The first-order valence-corrected chi connectivity index (χ1v) is 15.5. The number of esters is 1. The molecule has 0 unspecified atom stereocenters. The van der Waals surface area contributed by atoms with Crippen molar-refractivity contribution in [2.75, 3.05) is 13.2 Å². The molecule has 3 heterocycles. The largest absolute Gasteiger partial charge is 0.455 e. The van der Waals surface area contributed by atoms with E-state index in [0.717, 1.165) is 0 Å². The van der Waals surface area contributed by atoms with Gasteiger partial charge in [-0.3, -0.25) is 19.2 Å². The molecule has 3 amide bonds. The van der Waals surface area contributed by atoms with Crippen LogP contribution in [-0.2, 0) is 28.7 Å². The second kappa shape index (κ2) is 13.2. The maximum Gasteiger partial charge on any atom is 0.313 e. The second-order valence-corrected chi connectivity index (χ2v) is 13.2. The topological polar surface area (TPSA) is 125 Å². The van der Waals surface area contributed by atoms with E-state index in [9.17, 15) is 24.3 Å². The number of hydrogen-bond donors (Lipinski definition) is 2. The highest BCUT2D eigenvalue weighted by Crippen LogP contribution is 2.59. The number of benzene rings is 1. The minimum Gasteiger partial charge on any atom is -0.455 e. The number of fused-ring (bicyclic) bond motifs is 1. The molecule has 3 aliphatic heterocycles. The maximum absolute atomic E-state index is 14.4. The fourth-order valence-electron chi connectivity index (χ4n) is 7.11. The minimum atomic E-state index is -1.23. The van der Waals surface area contributed by atoms with Gasteiger partial charge in [0.1, 0.15) is 17.7 Å². The molecule has 3 saturated heterocycles. The van der Waals surface area contributed by atoms with Gasteiger partial charge >= 0.3 is 5.97 Å². The van der Waals surface area contributed by atoms with E-state index < -0.39 is 65.2 Å². The van der Waals surface area contributed by atoms with Gasteiger partial charge in [-0.15, -0.1) is 13.2 Å². The van der Waals surface area contributed by atoms with Gasteiger partial charge in [-0.25, -0.2) is 0 Å². The Morgan fingerprint density at radius 3 is 2.48 bits per heavy atom. The van der Waals surface area contributed by atoms with E-state index in [1.54, 1.807) is 30.9 Å². The summed E-state index contributed by atoms with van der Waals surface area (Å²) in [6.07, 6.45) is 3.56. The van der Waals surface area contributed by atoms with E-state index in [4.69, 9.17) is 9.47 Å². The summed E-state index contributed by atoms with van der Waals surface area (Å²) in [7, 11) is 0. The number of aliphatic hydroxyl groups is 1. The van der Waals surface area contributed by atoms with E-state index >= 15 is 0 Å². The van der Waals surface area contributed by atoms with Crippen molar-refractivity contribution in [2.45, 2.75) is 102 Å². The zero-order valence-corrected chi connectivity index (χ0v) is 26.5. The highest BCUT2D eigenvalue weighted by Gasteiger charge is 2.75. The first kappa shape index (κ1) is 33.4. The van der Waals surface area contributed by atoms with Gasteiger partial charge in [0.2, 0.25) is 17.7 Å². The monoisotopic (exact) mass is 609 g/mol. The summed E-state index contributed by atoms with van der Waals surface area (Å²) >= 11 is 0. The third-order valence-electron chi connectivity index (χ3n) is 9.16. The zero-order valence-electron chi connectivity index (χ0n) is 26.5. The van der Waals surface area contributed by atoms with E-state index in [0.29, 0.717) is 24.8 Å². The molecule has 3 fully saturated rings. The van der Waals surface area contributed by atoms with Gasteiger partial charge in [-0.05, 0) is 59.4 Å². The predicted octanol–water partition coefficient (Wildman–Crippen LogP) is 3.31. The smallest absolute Gasteiger partial charge is 0.313 e. The number of carbonyl (C=O) groups is 4. The van der Waals surface area contributed by atoms with Crippen LogP contribution >= 0.6 is 0 Å². The average Bonchev–Trinajstić information content (AvgIpc) is 3.63. The lowest BCUT2D eigenvalue weighted by molar-refractivity contribution is -0.162. The molecule has 1 aromatic carbocycles. The molecule has 2 bridgehead atoms. The van der Waals surface area contributed by atoms with Crippen LogP contribution in [0.4, 0.5) is 0 Å². The summed E-state index contributed by atoms with van der Waals surface area (Å²) in [6.45, 7) is 16.6. The molecular formula is C34H47N3O7. The number of carbonyl (C=O) groups excluding carboxylic acids is 4. The molecule has 0 aromatic heterocycles. The van der Waals surface area contributed by atoms with Crippen molar-refractivity contribution < 1.29 is 33.8 Å². The molecule has 4 rings (SSSR count). The Morgan fingerprint density at radius 2 is 1.89 bits per heavy atom. The number of nitrogens with zero attached hydrogens (tertiary/aromatic N) is 2. The standard InChI is InChI=1S/C34H47N3O7/c1-8-10-16-25(39)35-22(4)28(23-14-12-11-13-15-23)43-32(42)26-24-17-18-34(44-24)27(26)30(40)37(21(3)20-38)29(34)31(41)36(19-9-2)33(5,6)7/h8-9,11-15,21-22,24,26-29,38H,1-2,10,16-20H2,3-7H3,(H,35,39)/t21-,22-,24-,26+,27+,28-,29-,34+/m1/s1. The SMILES string of the molecule is C=CCCC(=O)N[C@H](C)[C@@H](OC(=O)[C@@H]1[C@H]2C(=O)N([C@H](C)CO)[C@H](C(=O)N(CC=C)C(C)(C)C)[C@]23CC[C@H]1O3)c1ccccc1. The molecular weight excluding hydrogens is 562 g/mol. The summed E-state index contributed by atoms with van der Waals surface area (Å²) in [5.41, 5.74) is -1.12. The number of rotatable bonds is 13. The molecule has 1 spiro atoms. The van der Waals surface area contributed by atoms with Gasteiger partial charge in [0.05, 0.1) is 36.6 Å². The van der Waals surface area contributed by atoms with Crippen LogP contribution in [0.25, 0.3) is 0 Å². The van der Waals surface area contributed by atoms with Crippen molar-refractivity contribution in [1.82, 2.24) is 15.1 Å². The molecule has 1 aromatic rings. The van der Waals surface area contributed by atoms with Gasteiger partial charge in [0, 0.05) is 18.5 Å². The van der Waals surface area contributed by atoms with Crippen LogP contribution in [0.2, 0.25) is 0 Å². The molecule has 2 N–H and O–H groups in total. The first-order chi connectivity index (χ1) is 20.8. The molecule has 0 radical (unpaired) electrons. The molecule has 10 heteroatoms. The van der Waals surface area contributed by atoms with Crippen LogP contribution in [0.3, 0.4) is 0 Å². The molecule has 240 valence electrons. The predicted molar refractivity (Wildman–Crippen MR) is 165 cm³/mol. The van der Waals surface area contributed by atoms with Crippen molar-refractivity contribution in [1.29, 1.82) is 0 Å². The quantitative estimate of drug-likeness (QED) is 0.260. The maximum atomic E-state index is 14.4. The number of aliphatic hydroxyl groups excluding tert-OH is 1. The zero-order chi connectivity index (χ0) is 32.4. The van der Waals surface area contributed by atoms with Crippen LogP contribution in [0.15, 0.2) is 55.6 Å². The third kappa shape index (κ3) is 6.06. The molecule has 0 aliphatic carbocycles. The Hall–Kier alpha value is -3.50. The Kier molecular flexibility index (Phi) is 10.0. The van der Waals surface area contributed by atoms with E-state index in [-0.39, 0.29) is 31.4 Å². The highest BCUT2D eigenvalue weighted by molar-refractivity contribution is 5.98. The van der Waals surface area contributed by atoms with Gasteiger partial charge in [0.25, 0.3) is 0 Å². The Labute approximate surface area is 260 Å². The number of likely N-dealkylation sites (tertiary alicyclic amines) is 1. The van der Waals surface area contributed by atoms with E-state index in [1.165, 1.54) is 4.90 Å².